The highest BCUT2D eigenvalue weighted by Crippen LogP contribution is 2.17. The van der Waals surface area contributed by atoms with Gasteiger partial charge in [0.1, 0.15) is 5.75 Å². The van der Waals surface area contributed by atoms with Crippen molar-refractivity contribution in [3.05, 3.63) is 35.7 Å². The van der Waals surface area contributed by atoms with Crippen LogP contribution in [0.2, 0.25) is 0 Å². The van der Waals surface area contributed by atoms with Gasteiger partial charge in [0.25, 0.3) is 0 Å². The van der Waals surface area contributed by atoms with Crippen LogP contribution in [0.15, 0.2) is 24.3 Å². The molecule has 0 amide bonds. The highest BCUT2D eigenvalue weighted by molar-refractivity contribution is 5.88. The third-order valence-electron chi connectivity index (χ3n) is 2.84. The molecule has 0 aliphatic carbocycles. The molecule has 0 aliphatic rings. The fourth-order valence-corrected chi connectivity index (χ4v) is 1.75. The molecule has 106 valence electrons. The lowest BCUT2D eigenvalue weighted by Crippen LogP contribution is -2.08. The van der Waals surface area contributed by atoms with Crippen molar-refractivity contribution >= 4 is 5.97 Å². The molecule has 0 bridgehead atoms. The fraction of sp³-hybridized carbons (Fsp3) is 0.357. The monoisotopic (exact) mass is 275 g/mol. The van der Waals surface area contributed by atoms with Crippen LogP contribution in [0.25, 0.3) is 5.69 Å². The minimum Gasteiger partial charge on any atom is -0.497 e. The normalized spacial score (nSPS) is 10.3. The summed E-state index contributed by atoms with van der Waals surface area (Å²) in [6.45, 7) is 4.11. The van der Waals surface area contributed by atoms with Crippen LogP contribution in [-0.4, -0.2) is 34.7 Å². The van der Waals surface area contributed by atoms with Gasteiger partial charge in [0.2, 0.25) is 0 Å². The second-order valence-corrected chi connectivity index (χ2v) is 4.27. The van der Waals surface area contributed by atoms with E-state index in [1.807, 2.05) is 31.2 Å². The Balaban J connectivity index is 2.25. The number of rotatable bonds is 5. The smallest absolute Gasteiger partial charge is 0.360 e. The molecule has 2 rings (SSSR count). The van der Waals surface area contributed by atoms with Gasteiger partial charge < -0.3 is 9.47 Å². The van der Waals surface area contributed by atoms with Crippen molar-refractivity contribution in [3.63, 3.8) is 0 Å². The van der Waals surface area contributed by atoms with Crippen LogP contribution in [0.5, 0.6) is 5.75 Å². The molecule has 20 heavy (non-hydrogen) atoms. The van der Waals surface area contributed by atoms with Crippen LogP contribution in [0.1, 0.15) is 29.5 Å². The van der Waals surface area contributed by atoms with Crippen LogP contribution in [0, 0.1) is 6.92 Å². The first kappa shape index (κ1) is 14.0. The molecule has 0 unspecified atom stereocenters. The van der Waals surface area contributed by atoms with Crippen LogP contribution < -0.4 is 4.74 Å². The number of hydrogen-bond donors (Lipinski definition) is 0. The Bertz CT molecular complexity index is 590. The molecule has 6 nitrogen and oxygen atoms in total. The molecule has 0 radical (unpaired) electrons. The average molecular weight is 275 g/mol. The number of aromatic nitrogens is 3. The molecule has 0 N–H and O–H groups in total. The fourth-order valence-electron chi connectivity index (χ4n) is 1.75. The first-order valence-corrected chi connectivity index (χ1v) is 6.41. The molecule has 0 saturated heterocycles. The molecule has 0 aliphatic heterocycles. The van der Waals surface area contributed by atoms with Gasteiger partial charge >= 0.3 is 5.97 Å². The predicted molar refractivity (Wildman–Crippen MR) is 73.2 cm³/mol. The Labute approximate surface area is 117 Å². The van der Waals surface area contributed by atoms with Gasteiger partial charge in [-0.3, -0.25) is 0 Å². The Morgan fingerprint density at radius 2 is 2.00 bits per heavy atom. The summed E-state index contributed by atoms with van der Waals surface area (Å²) < 4.78 is 11.8. The molecular formula is C14H17N3O3. The van der Waals surface area contributed by atoms with E-state index in [0.717, 1.165) is 17.9 Å². The van der Waals surface area contributed by atoms with E-state index in [1.54, 1.807) is 18.7 Å². The van der Waals surface area contributed by atoms with E-state index < -0.39 is 5.97 Å². The maximum atomic E-state index is 11.8. The van der Waals surface area contributed by atoms with E-state index in [1.165, 1.54) is 0 Å². The third kappa shape index (κ3) is 2.79. The summed E-state index contributed by atoms with van der Waals surface area (Å²) in [7, 11) is 1.61. The van der Waals surface area contributed by atoms with Crippen LogP contribution in [0.3, 0.4) is 0 Å². The van der Waals surface area contributed by atoms with Gasteiger partial charge in [-0.05, 0) is 37.6 Å². The van der Waals surface area contributed by atoms with Crippen molar-refractivity contribution in [2.75, 3.05) is 13.7 Å². The first-order valence-electron chi connectivity index (χ1n) is 6.41. The Morgan fingerprint density at radius 1 is 1.30 bits per heavy atom. The van der Waals surface area contributed by atoms with Gasteiger partial charge in [0.15, 0.2) is 5.69 Å². The van der Waals surface area contributed by atoms with E-state index in [4.69, 9.17) is 9.47 Å². The van der Waals surface area contributed by atoms with Gasteiger partial charge in [-0.1, -0.05) is 12.1 Å². The van der Waals surface area contributed by atoms with Crippen LogP contribution >= 0.6 is 0 Å². The standard InChI is InChI=1S/C14H17N3O3/c1-4-9-20-14(18)13-10(2)17(16-15-13)11-5-7-12(19-3)8-6-11/h5-8H,4,9H2,1-3H3. The molecule has 1 heterocycles. The van der Waals surface area contributed by atoms with Gasteiger partial charge in [0.05, 0.1) is 25.1 Å². The van der Waals surface area contributed by atoms with Crippen molar-refractivity contribution in [1.29, 1.82) is 0 Å². The molecule has 1 aromatic carbocycles. The first-order chi connectivity index (χ1) is 9.67. The zero-order chi connectivity index (χ0) is 14.5. The minimum absolute atomic E-state index is 0.245. The number of carbonyl (C=O) groups excluding carboxylic acids is 1. The third-order valence-corrected chi connectivity index (χ3v) is 2.84. The number of carbonyl (C=O) groups is 1. The van der Waals surface area contributed by atoms with Crippen molar-refractivity contribution in [2.45, 2.75) is 20.3 Å². The van der Waals surface area contributed by atoms with Crippen molar-refractivity contribution < 1.29 is 14.3 Å². The van der Waals surface area contributed by atoms with Crippen LogP contribution in [0.4, 0.5) is 0 Å². The Hall–Kier alpha value is -2.37. The minimum atomic E-state index is -0.441. The largest absolute Gasteiger partial charge is 0.497 e. The lowest BCUT2D eigenvalue weighted by Gasteiger charge is -2.05. The SMILES string of the molecule is CCCOC(=O)c1nnn(-c2ccc(OC)cc2)c1C. The molecule has 2 aromatic rings. The number of methoxy groups -OCH3 is 1. The highest BCUT2D eigenvalue weighted by Gasteiger charge is 2.18. The lowest BCUT2D eigenvalue weighted by atomic mass is 10.3. The molecule has 0 fully saturated rings. The van der Waals surface area contributed by atoms with E-state index in [2.05, 4.69) is 10.3 Å². The number of benzene rings is 1. The van der Waals surface area contributed by atoms with Gasteiger partial charge in [0, 0.05) is 0 Å². The van der Waals surface area contributed by atoms with Gasteiger partial charge in [-0.15, -0.1) is 5.10 Å². The summed E-state index contributed by atoms with van der Waals surface area (Å²) in [5.41, 5.74) is 1.70. The predicted octanol–water partition coefficient (Wildman–Crippen LogP) is 2.15. The summed E-state index contributed by atoms with van der Waals surface area (Å²) in [5, 5.41) is 7.89. The topological polar surface area (TPSA) is 66.2 Å². The highest BCUT2D eigenvalue weighted by atomic mass is 16.5. The molecular weight excluding hydrogens is 258 g/mol. The molecule has 0 spiro atoms. The Kier molecular flexibility index (Phi) is 4.34. The molecule has 0 atom stereocenters. The van der Waals surface area contributed by atoms with E-state index in [9.17, 15) is 4.79 Å². The summed E-state index contributed by atoms with van der Waals surface area (Å²) in [6.07, 6.45) is 0.775. The molecule has 6 heteroatoms. The Morgan fingerprint density at radius 3 is 2.60 bits per heavy atom. The zero-order valence-electron chi connectivity index (χ0n) is 11.8. The second kappa shape index (κ2) is 6.18. The summed E-state index contributed by atoms with van der Waals surface area (Å²) in [6, 6.07) is 7.35. The van der Waals surface area contributed by atoms with Crippen molar-refractivity contribution in [3.8, 4) is 11.4 Å². The van der Waals surface area contributed by atoms with Crippen molar-refractivity contribution in [2.24, 2.45) is 0 Å². The summed E-state index contributed by atoms with van der Waals surface area (Å²) >= 11 is 0. The van der Waals surface area contributed by atoms with Gasteiger partial charge in [-0.2, -0.15) is 0 Å². The number of hydrogen-bond acceptors (Lipinski definition) is 5. The average Bonchev–Trinajstić information content (AvgIpc) is 2.86. The van der Waals surface area contributed by atoms with E-state index in [0.29, 0.717) is 12.3 Å². The summed E-state index contributed by atoms with van der Waals surface area (Å²) in [4.78, 5) is 11.8. The van der Waals surface area contributed by atoms with Gasteiger partial charge in [-0.25, -0.2) is 9.48 Å². The molecule has 1 aromatic heterocycles. The second-order valence-electron chi connectivity index (χ2n) is 4.27. The maximum Gasteiger partial charge on any atom is 0.360 e. The number of esters is 1. The van der Waals surface area contributed by atoms with Crippen LogP contribution in [-0.2, 0) is 4.74 Å². The lowest BCUT2D eigenvalue weighted by molar-refractivity contribution is 0.0497. The zero-order valence-corrected chi connectivity index (χ0v) is 11.8. The van der Waals surface area contributed by atoms with E-state index in [-0.39, 0.29) is 5.69 Å². The van der Waals surface area contributed by atoms with E-state index >= 15 is 0 Å². The quantitative estimate of drug-likeness (QED) is 0.782. The number of ether oxygens (including phenoxy) is 2. The summed E-state index contributed by atoms with van der Waals surface area (Å²) in [5.74, 6) is 0.318. The maximum absolute atomic E-state index is 11.8. The number of nitrogens with zero attached hydrogens (tertiary/aromatic N) is 3. The van der Waals surface area contributed by atoms with Crippen molar-refractivity contribution in [1.82, 2.24) is 15.0 Å². The molecule has 0 saturated carbocycles.